The molecule has 3 aliphatic rings. The smallest absolute Gasteiger partial charge is 0.233 e. The van der Waals surface area contributed by atoms with Gasteiger partial charge in [-0.1, -0.05) is 25.0 Å². The number of nitrogens with one attached hydrogen (secondary N) is 2. The molecule has 2 fully saturated rings. The first-order valence-electron chi connectivity index (χ1n) is 12.0. The van der Waals surface area contributed by atoms with Crippen molar-refractivity contribution in [3.63, 3.8) is 0 Å². The molecule has 5 rings (SSSR count). The fourth-order valence-electron chi connectivity index (χ4n) is 5.81. The van der Waals surface area contributed by atoms with Crippen molar-refractivity contribution in [2.24, 2.45) is 0 Å². The van der Waals surface area contributed by atoms with Crippen LogP contribution in [0.4, 0.5) is 10.2 Å². The molecule has 0 bridgehead atoms. The molecule has 1 aromatic carbocycles. The summed E-state index contributed by atoms with van der Waals surface area (Å²) in [5.41, 5.74) is 2.60. The molecule has 0 spiro atoms. The normalized spacial score (nSPS) is 22.4. The van der Waals surface area contributed by atoms with Crippen LogP contribution in [0.15, 0.2) is 24.3 Å². The van der Waals surface area contributed by atoms with Crippen LogP contribution in [0.2, 0.25) is 0 Å². The predicted octanol–water partition coefficient (Wildman–Crippen LogP) is 3.87. The van der Waals surface area contributed by atoms with Crippen molar-refractivity contribution >= 4 is 11.7 Å². The van der Waals surface area contributed by atoms with Gasteiger partial charge in [0, 0.05) is 38.7 Å². The molecule has 32 heavy (non-hydrogen) atoms. The third-order valence-electron chi connectivity index (χ3n) is 7.51. The standard InChI is InChI=1S/C25H32FN5O/c1-27-22-19-16-28-14-11-20(19)29-23(30-22)21-6-2-5-15-31(21)24(32)25(12-3-4-13-25)17-7-9-18(26)10-8-17/h7-10,21,28H,2-6,11-16H2,1H3,(H,27,29,30)/t21-/m0/s1. The molecule has 7 heteroatoms. The lowest BCUT2D eigenvalue weighted by Crippen LogP contribution is -2.49. The Balaban J connectivity index is 1.52. The monoisotopic (exact) mass is 437 g/mol. The number of amides is 1. The molecule has 1 saturated heterocycles. The molecule has 2 aliphatic heterocycles. The fourth-order valence-corrected chi connectivity index (χ4v) is 5.81. The van der Waals surface area contributed by atoms with Crippen molar-refractivity contribution in [1.29, 1.82) is 0 Å². The minimum absolute atomic E-state index is 0.110. The summed E-state index contributed by atoms with van der Waals surface area (Å²) in [7, 11) is 1.90. The van der Waals surface area contributed by atoms with Crippen molar-refractivity contribution in [1.82, 2.24) is 20.2 Å². The van der Waals surface area contributed by atoms with Gasteiger partial charge in [-0.05, 0) is 49.8 Å². The number of benzene rings is 1. The maximum Gasteiger partial charge on any atom is 0.233 e. The van der Waals surface area contributed by atoms with Gasteiger partial charge in [-0.3, -0.25) is 4.79 Å². The summed E-state index contributed by atoms with van der Waals surface area (Å²) in [6.07, 6.45) is 7.50. The summed E-state index contributed by atoms with van der Waals surface area (Å²) >= 11 is 0. The molecule has 1 saturated carbocycles. The maximum atomic E-state index is 14.2. The zero-order valence-corrected chi connectivity index (χ0v) is 18.8. The second kappa shape index (κ2) is 8.77. The van der Waals surface area contributed by atoms with Crippen LogP contribution in [-0.4, -0.2) is 40.9 Å². The van der Waals surface area contributed by atoms with Crippen LogP contribution in [0.5, 0.6) is 0 Å². The average molecular weight is 438 g/mol. The molecular weight excluding hydrogens is 405 g/mol. The van der Waals surface area contributed by atoms with Gasteiger partial charge in [0.25, 0.3) is 0 Å². The molecule has 1 aliphatic carbocycles. The summed E-state index contributed by atoms with van der Waals surface area (Å²) in [4.78, 5) is 26.1. The molecule has 6 nitrogen and oxygen atoms in total. The van der Waals surface area contributed by atoms with Gasteiger partial charge in [0.15, 0.2) is 5.82 Å². The predicted molar refractivity (Wildman–Crippen MR) is 122 cm³/mol. The number of hydrogen-bond acceptors (Lipinski definition) is 5. The zero-order valence-electron chi connectivity index (χ0n) is 18.8. The van der Waals surface area contributed by atoms with E-state index >= 15 is 0 Å². The number of carbonyl (C=O) groups is 1. The number of anilines is 1. The van der Waals surface area contributed by atoms with Crippen LogP contribution in [0, 0.1) is 5.82 Å². The first-order chi connectivity index (χ1) is 15.6. The largest absolute Gasteiger partial charge is 0.373 e. The Labute approximate surface area is 189 Å². The van der Waals surface area contributed by atoms with Crippen LogP contribution in [0.1, 0.15) is 73.6 Å². The molecule has 0 radical (unpaired) electrons. The van der Waals surface area contributed by atoms with Crippen LogP contribution < -0.4 is 10.6 Å². The van der Waals surface area contributed by atoms with Gasteiger partial charge in [0.1, 0.15) is 11.6 Å². The van der Waals surface area contributed by atoms with Gasteiger partial charge >= 0.3 is 0 Å². The number of likely N-dealkylation sites (tertiary alicyclic amines) is 1. The summed E-state index contributed by atoms with van der Waals surface area (Å²) in [6.45, 7) is 2.41. The van der Waals surface area contributed by atoms with E-state index in [-0.39, 0.29) is 17.8 Å². The number of aromatic nitrogens is 2. The number of rotatable bonds is 4. The lowest BCUT2D eigenvalue weighted by atomic mass is 9.76. The van der Waals surface area contributed by atoms with Gasteiger partial charge < -0.3 is 15.5 Å². The molecule has 3 heterocycles. The summed E-state index contributed by atoms with van der Waals surface area (Å²) < 4.78 is 13.6. The van der Waals surface area contributed by atoms with Gasteiger partial charge in [-0.15, -0.1) is 0 Å². The van der Waals surface area contributed by atoms with Crippen LogP contribution in [-0.2, 0) is 23.2 Å². The summed E-state index contributed by atoms with van der Waals surface area (Å²) in [5, 5.41) is 6.64. The number of piperidine rings is 1. The third kappa shape index (κ3) is 3.66. The second-order valence-electron chi connectivity index (χ2n) is 9.34. The molecule has 1 atom stereocenters. The second-order valence-corrected chi connectivity index (χ2v) is 9.34. The highest BCUT2D eigenvalue weighted by Crippen LogP contribution is 2.45. The first kappa shape index (κ1) is 21.3. The van der Waals surface area contributed by atoms with Crippen molar-refractivity contribution in [3.05, 3.63) is 52.7 Å². The minimum atomic E-state index is -0.562. The number of fused-ring (bicyclic) bond motifs is 1. The highest BCUT2D eigenvalue weighted by Gasteiger charge is 2.47. The fraction of sp³-hybridized carbons (Fsp3) is 0.560. The van der Waals surface area contributed by atoms with Crippen molar-refractivity contribution in [3.8, 4) is 0 Å². The minimum Gasteiger partial charge on any atom is -0.373 e. The molecule has 2 aromatic rings. The van der Waals surface area contributed by atoms with Crippen molar-refractivity contribution < 1.29 is 9.18 Å². The zero-order chi connectivity index (χ0) is 22.1. The molecule has 1 amide bonds. The Morgan fingerprint density at radius 2 is 1.94 bits per heavy atom. The van der Waals surface area contributed by atoms with E-state index in [1.165, 1.54) is 12.1 Å². The highest BCUT2D eigenvalue weighted by atomic mass is 19.1. The van der Waals surface area contributed by atoms with Crippen molar-refractivity contribution in [2.75, 3.05) is 25.5 Å². The topological polar surface area (TPSA) is 70.2 Å². The summed E-state index contributed by atoms with van der Waals surface area (Å²) in [5.74, 6) is 1.53. The molecular formula is C25H32FN5O. The van der Waals surface area contributed by atoms with E-state index in [1.807, 2.05) is 11.9 Å². The number of hydrogen-bond donors (Lipinski definition) is 2. The third-order valence-corrected chi connectivity index (χ3v) is 7.51. The number of halogens is 1. The Hall–Kier alpha value is -2.54. The molecule has 170 valence electrons. The summed E-state index contributed by atoms with van der Waals surface area (Å²) in [6, 6.07) is 6.46. The lowest BCUT2D eigenvalue weighted by molar-refractivity contribution is -0.141. The maximum absolute atomic E-state index is 14.2. The Morgan fingerprint density at radius 3 is 2.69 bits per heavy atom. The molecule has 0 unspecified atom stereocenters. The van der Waals surface area contributed by atoms with Crippen LogP contribution in [0.25, 0.3) is 0 Å². The van der Waals surface area contributed by atoms with Crippen molar-refractivity contribution in [2.45, 2.75) is 69.4 Å². The highest BCUT2D eigenvalue weighted by molar-refractivity contribution is 5.89. The van der Waals surface area contributed by atoms with Crippen LogP contribution in [0.3, 0.4) is 0 Å². The number of carbonyl (C=O) groups excluding carboxylic acids is 1. The van der Waals surface area contributed by atoms with E-state index in [9.17, 15) is 9.18 Å². The number of nitrogens with zero attached hydrogens (tertiary/aromatic N) is 3. The van der Waals surface area contributed by atoms with E-state index in [0.717, 1.165) is 99.5 Å². The van der Waals surface area contributed by atoms with E-state index in [1.54, 1.807) is 12.1 Å². The van der Waals surface area contributed by atoms with E-state index < -0.39 is 5.41 Å². The van der Waals surface area contributed by atoms with Gasteiger partial charge in [-0.25, -0.2) is 14.4 Å². The first-order valence-corrected chi connectivity index (χ1v) is 12.0. The SMILES string of the molecule is CNc1nc([C@@H]2CCCCN2C(=O)C2(c3ccc(F)cc3)CCCC2)nc2c1CNCC2. The Kier molecular flexibility index (Phi) is 5.84. The van der Waals surface area contributed by atoms with E-state index in [0.29, 0.717) is 0 Å². The molecule has 1 aromatic heterocycles. The quantitative estimate of drug-likeness (QED) is 0.760. The van der Waals surface area contributed by atoms with Gasteiger partial charge in [0.2, 0.25) is 5.91 Å². The molecule has 2 N–H and O–H groups in total. The Bertz CT molecular complexity index is 969. The van der Waals surface area contributed by atoms with Gasteiger partial charge in [0.05, 0.1) is 17.2 Å². The van der Waals surface area contributed by atoms with Gasteiger partial charge in [-0.2, -0.15) is 0 Å². The van der Waals surface area contributed by atoms with E-state index in [4.69, 9.17) is 9.97 Å². The lowest BCUT2D eigenvalue weighted by Gasteiger charge is -2.41. The average Bonchev–Trinajstić information content (AvgIpc) is 3.34. The Morgan fingerprint density at radius 1 is 1.16 bits per heavy atom. The van der Waals surface area contributed by atoms with E-state index in [2.05, 4.69) is 10.6 Å². The van der Waals surface area contributed by atoms with Crippen LogP contribution >= 0.6 is 0 Å².